The number of hydrogen-bond acceptors (Lipinski definition) is 31. The van der Waals surface area contributed by atoms with Crippen molar-refractivity contribution < 1.29 is 154 Å². The molecule has 31 heteroatoms. The molecule has 86 heavy (non-hydrogen) atoms. The molecule has 1 aliphatic carbocycles. The van der Waals surface area contributed by atoms with Crippen LogP contribution in [0.25, 0.3) is 27.8 Å². The van der Waals surface area contributed by atoms with Gasteiger partial charge in [-0.25, -0.2) is 19.2 Å². The van der Waals surface area contributed by atoms with Gasteiger partial charge >= 0.3 is 29.8 Å². The van der Waals surface area contributed by atoms with E-state index in [4.69, 9.17) is 33.2 Å². The van der Waals surface area contributed by atoms with Crippen LogP contribution in [0.15, 0.2) is 42.2 Å². The maximum Gasteiger partial charge on any atom is 0.340 e. The minimum atomic E-state index is -3.20. The first-order valence-electron chi connectivity index (χ1n) is 24.9. The number of cyclic esters (lactones) is 1. The molecule has 18 N–H and O–H groups in total. The van der Waals surface area contributed by atoms with E-state index in [1.807, 2.05) is 0 Å². The van der Waals surface area contributed by atoms with Crippen molar-refractivity contribution in [2.24, 2.45) is 5.92 Å². The Labute approximate surface area is 473 Å². The molecule has 9 atom stereocenters. The molecular formula is C55H36O31. The van der Waals surface area contributed by atoms with Crippen molar-refractivity contribution in [2.75, 3.05) is 6.61 Å². The lowest BCUT2D eigenvalue weighted by Crippen LogP contribution is -2.65. The normalized spacial score (nSPS) is 24.9. The van der Waals surface area contributed by atoms with E-state index in [-0.39, 0.29) is 11.1 Å². The van der Waals surface area contributed by atoms with Gasteiger partial charge in [0.2, 0.25) is 34.4 Å². The molecule has 1 saturated heterocycles. The van der Waals surface area contributed by atoms with Crippen LogP contribution >= 0.6 is 0 Å². The van der Waals surface area contributed by atoms with E-state index in [0.717, 1.165) is 18.2 Å². The summed E-state index contributed by atoms with van der Waals surface area (Å²) in [4.78, 5) is 91.5. The summed E-state index contributed by atoms with van der Waals surface area (Å²) < 4.78 is 42.2. The topological polar surface area (TPSA) is 531 Å². The highest BCUT2D eigenvalue weighted by Crippen LogP contribution is 2.68. The number of benzene rings is 6. The predicted molar refractivity (Wildman–Crippen MR) is 268 cm³/mol. The molecule has 6 aromatic carbocycles. The zero-order chi connectivity index (χ0) is 61.7. The number of Topliss-reactive ketones (excluding diaryl/α,β-unsaturated/α-hetero) is 1. The van der Waals surface area contributed by atoms with Crippen molar-refractivity contribution in [3.05, 3.63) is 86.7 Å². The molecule has 14 rings (SSSR count). The number of aliphatic hydroxyl groups is 2. The summed E-state index contributed by atoms with van der Waals surface area (Å²) in [6.45, 7) is -1.59. The molecule has 442 valence electrons. The van der Waals surface area contributed by atoms with Gasteiger partial charge in [0, 0.05) is 62.6 Å². The number of aliphatic hydroxyl groups excluding tert-OH is 2. The smallest absolute Gasteiger partial charge is 0.340 e. The SMILES string of the molecule is O=C1OCC2OC(=O)c3cc(O)c(O)c(O)c3-c3c(O)c(O)c(O)c4c3C(=O)OC(C2OC(=O)c2cc(O)c(O)c(O)c2-c2c1cc(O)c(O)c2O)C1OC(=O)C2C4=C(O)C(=O)C23Oc2c4c(cc(O)c2C13)OC(c1cc(O)c(O)c(O)c1)C(O)C4. The minimum absolute atomic E-state index is 0.169. The Balaban J connectivity index is 1.12. The second-order valence-electron chi connectivity index (χ2n) is 20.6. The molecule has 31 nitrogen and oxygen atoms in total. The van der Waals surface area contributed by atoms with E-state index in [9.17, 15) is 96.7 Å². The quantitative estimate of drug-likeness (QED) is 0.0637. The zero-order valence-electron chi connectivity index (χ0n) is 42.4. The Morgan fingerprint density at radius 1 is 0.442 bits per heavy atom. The number of fused-ring (bicyclic) bond motifs is 10. The average Bonchev–Trinajstić information content (AvgIpc) is 1.50. The number of ketones is 1. The fourth-order valence-electron chi connectivity index (χ4n) is 12.4. The van der Waals surface area contributed by atoms with Gasteiger partial charge in [0.25, 0.3) is 0 Å². The van der Waals surface area contributed by atoms with Gasteiger partial charge < -0.3 is 125 Å². The molecule has 0 radical (unpaired) electrons. The number of ether oxygens (including phenoxy) is 7. The van der Waals surface area contributed by atoms with E-state index in [0.29, 0.717) is 18.2 Å². The van der Waals surface area contributed by atoms with Crippen LogP contribution in [0.4, 0.5) is 0 Å². The zero-order valence-corrected chi connectivity index (χ0v) is 42.4. The summed E-state index contributed by atoms with van der Waals surface area (Å²) in [5, 5.41) is 202. The second kappa shape index (κ2) is 17.6. The van der Waals surface area contributed by atoms with Gasteiger partial charge in [0.05, 0.1) is 34.3 Å². The Bertz CT molecular complexity index is 4270. The van der Waals surface area contributed by atoms with Crippen LogP contribution in [0.3, 0.4) is 0 Å². The predicted octanol–water partition coefficient (Wildman–Crippen LogP) is 2.13. The third kappa shape index (κ3) is 6.80. The lowest BCUT2D eigenvalue weighted by atomic mass is 9.66. The van der Waals surface area contributed by atoms with Crippen LogP contribution in [-0.4, -0.2) is 170 Å². The molecule has 6 aromatic rings. The molecule has 7 aliphatic heterocycles. The number of esters is 5. The number of aromatic hydroxyl groups is 16. The van der Waals surface area contributed by atoms with Crippen LogP contribution < -0.4 is 9.47 Å². The van der Waals surface area contributed by atoms with Crippen molar-refractivity contribution >= 4 is 41.2 Å². The van der Waals surface area contributed by atoms with Crippen molar-refractivity contribution in [1.82, 2.24) is 0 Å². The minimum Gasteiger partial charge on any atom is -0.507 e. The van der Waals surface area contributed by atoms with Crippen molar-refractivity contribution in [1.29, 1.82) is 0 Å². The number of phenols is 16. The summed E-state index contributed by atoms with van der Waals surface area (Å²) >= 11 is 0. The number of carbonyl (C=O) groups is 6. The Morgan fingerprint density at radius 2 is 0.942 bits per heavy atom. The van der Waals surface area contributed by atoms with Crippen molar-refractivity contribution in [3.8, 4) is 126 Å². The van der Waals surface area contributed by atoms with E-state index in [2.05, 4.69) is 0 Å². The van der Waals surface area contributed by atoms with Gasteiger partial charge in [-0.2, -0.15) is 0 Å². The van der Waals surface area contributed by atoms with E-state index in [1.165, 1.54) is 0 Å². The van der Waals surface area contributed by atoms with Crippen molar-refractivity contribution in [3.63, 3.8) is 0 Å². The monoisotopic (exact) mass is 1190 g/mol. The van der Waals surface area contributed by atoms with Crippen LogP contribution in [-0.2, 0) is 39.7 Å². The molecule has 0 amide bonds. The van der Waals surface area contributed by atoms with Crippen LogP contribution in [0, 0.1) is 5.92 Å². The summed E-state index contributed by atoms with van der Waals surface area (Å²) in [6.07, 6.45) is -15.1. The van der Waals surface area contributed by atoms with E-state index in [1.54, 1.807) is 0 Å². The second-order valence-corrected chi connectivity index (χ2v) is 20.6. The summed E-state index contributed by atoms with van der Waals surface area (Å²) in [6, 6.07) is 3.72. The fraction of sp³-hybridized carbons (Fsp3) is 0.200. The Hall–Kier alpha value is -11.8. The fourth-order valence-corrected chi connectivity index (χ4v) is 12.4. The molecule has 1 spiro atoms. The number of hydrogen-bond donors (Lipinski definition) is 18. The highest BCUT2D eigenvalue weighted by atomic mass is 16.6. The van der Waals surface area contributed by atoms with Crippen molar-refractivity contribution in [2.45, 2.75) is 54.6 Å². The molecule has 9 unspecified atom stereocenters. The lowest BCUT2D eigenvalue weighted by Gasteiger charge is -2.47. The van der Waals surface area contributed by atoms with Gasteiger partial charge in [0.1, 0.15) is 29.8 Å². The standard InChI is InChI=1S/C55H36O31/c56-14-7-21-10(3-20(62)44(81-21)9-1-15(57)33(63)16(58)2-9)45-26(14)31-47-48-46-22(8-80-50(75)11-4-17(59)34(64)37(67)23(11)24-12(52(77)83-46)5-18(60)35(65)38(24)68)82-51(76)13-6-19(61)36(66)39(69)25(13)27-29(53(78)85-48)28(41(71)43(73)40(27)70)30-32(54(79)84-47)55(31,86-45)49(74)42(30)72/h1-2,4-7,20,22,31-32,44,46-48,56-73H,3,8H2. The molecular weight excluding hydrogens is 1160 g/mol. The largest absolute Gasteiger partial charge is 0.507 e. The van der Waals surface area contributed by atoms with Crippen LogP contribution in [0.1, 0.15) is 75.7 Å². The Kier molecular flexibility index (Phi) is 11.0. The summed E-state index contributed by atoms with van der Waals surface area (Å²) in [5.41, 5.74) is -17.2. The first-order chi connectivity index (χ1) is 40.6. The van der Waals surface area contributed by atoms with Crippen LogP contribution in [0.5, 0.6) is 103 Å². The van der Waals surface area contributed by atoms with E-state index >= 15 is 24.0 Å². The highest BCUT2D eigenvalue weighted by Gasteiger charge is 2.76. The lowest BCUT2D eigenvalue weighted by molar-refractivity contribution is -0.200. The maximum absolute atomic E-state index is 15.7. The maximum atomic E-state index is 15.7. The van der Waals surface area contributed by atoms with E-state index < -0.39 is 273 Å². The Morgan fingerprint density at radius 3 is 1.52 bits per heavy atom. The average molecular weight is 1190 g/mol. The van der Waals surface area contributed by atoms with Gasteiger partial charge in [-0.15, -0.1) is 0 Å². The summed E-state index contributed by atoms with van der Waals surface area (Å²) in [7, 11) is 0. The molecule has 1 fully saturated rings. The molecule has 0 saturated carbocycles. The molecule has 7 heterocycles. The third-order valence-corrected chi connectivity index (χ3v) is 16.2. The van der Waals surface area contributed by atoms with Gasteiger partial charge in [-0.3, -0.25) is 9.59 Å². The third-order valence-electron chi connectivity index (χ3n) is 16.2. The number of rotatable bonds is 1. The molecule has 6 bridgehead atoms. The number of carbonyl (C=O) groups excluding carboxylic acids is 6. The highest BCUT2D eigenvalue weighted by molar-refractivity contribution is 6.22. The van der Waals surface area contributed by atoms with Gasteiger partial charge in [0.15, 0.2) is 99.5 Å². The first kappa shape index (κ1) is 53.5. The summed E-state index contributed by atoms with van der Waals surface area (Å²) in [5.74, 6) is -41.0. The first-order valence-corrected chi connectivity index (χ1v) is 24.9. The number of phenolic OH excluding ortho intramolecular Hbond substituents is 16. The van der Waals surface area contributed by atoms with Crippen LogP contribution in [0.2, 0.25) is 0 Å². The molecule has 0 aromatic heterocycles. The molecule has 8 aliphatic rings. The van der Waals surface area contributed by atoms with Gasteiger partial charge in [-0.1, -0.05) is 0 Å². The van der Waals surface area contributed by atoms with Gasteiger partial charge in [-0.05, 0) is 30.3 Å².